The third kappa shape index (κ3) is 4.99. The highest BCUT2D eigenvalue weighted by Gasteiger charge is 2.43. The molecule has 1 aromatic carbocycles. The molecule has 3 fully saturated rings. The van der Waals surface area contributed by atoms with Crippen molar-refractivity contribution in [3.8, 4) is 0 Å². The second-order valence-corrected chi connectivity index (χ2v) is 10.9. The fourth-order valence-electron chi connectivity index (χ4n) is 6.68. The van der Waals surface area contributed by atoms with Crippen LogP contribution in [0.1, 0.15) is 98.3 Å². The van der Waals surface area contributed by atoms with Crippen molar-refractivity contribution < 1.29 is 23.9 Å². The summed E-state index contributed by atoms with van der Waals surface area (Å²) < 4.78 is 5.24. The Bertz CT molecular complexity index is 1040. The summed E-state index contributed by atoms with van der Waals surface area (Å²) in [5, 5.41) is 0. The second kappa shape index (κ2) is 11.2. The van der Waals surface area contributed by atoms with E-state index in [0.717, 1.165) is 57.1 Å². The third-order valence-electron chi connectivity index (χ3n) is 8.64. The van der Waals surface area contributed by atoms with Gasteiger partial charge in [0.05, 0.1) is 23.4 Å². The van der Waals surface area contributed by atoms with Gasteiger partial charge in [0, 0.05) is 31.6 Å². The topological polar surface area (TPSA) is 87.2 Å². The van der Waals surface area contributed by atoms with Gasteiger partial charge in [-0.05, 0) is 64.0 Å². The van der Waals surface area contributed by atoms with Crippen molar-refractivity contribution >= 4 is 29.4 Å². The first-order valence-corrected chi connectivity index (χ1v) is 14.2. The molecule has 2 saturated heterocycles. The standard InChI is InChI=1S/C29H39N3O5/c1-2-37-29(36)24-13-7-8-17-31(24)26(33)20-15-18-30(19-16-20)23-14-9-12-22-25(23)28(35)32(27(22)34)21-10-5-3-4-6-11-21/h9,12,14,20-21,24H,2-8,10-11,13,15-19H2,1H3/t24-/m1/s1. The van der Waals surface area contributed by atoms with Crippen LogP contribution in [-0.4, -0.2) is 71.8 Å². The Balaban J connectivity index is 1.28. The van der Waals surface area contributed by atoms with E-state index in [1.165, 1.54) is 4.90 Å². The monoisotopic (exact) mass is 509 g/mol. The zero-order chi connectivity index (χ0) is 25.9. The quantitative estimate of drug-likeness (QED) is 0.336. The van der Waals surface area contributed by atoms with E-state index in [9.17, 15) is 19.2 Å². The first kappa shape index (κ1) is 25.7. The maximum atomic E-state index is 13.6. The number of hydrogen-bond donors (Lipinski definition) is 0. The van der Waals surface area contributed by atoms with Crippen LogP contribution in [0.5, 0.6) is 0 Å². The summed E-state index contributed by atoms with van der Waals surface area (Å²) in [5.41, 5.74) is 1.84. The molecule has 8 heteroatoms. The Kier molecular flexibility index (Phi) is 7.81. The van der Waals surface area contributed by atoms with E-state index in [2.05, 4.69) is 4.90 Å². The largest absolute Gasteiger partial charge is 0.464 e. The average Bonchev–Trinajstić information content (AvgIpc) is 3.08. The predicted octanol–water partition coefficient (Wildman–Crippen LogP) is 4.17. The maximum absolute atomic E-state index is 13.6. The lowest BCUT2D eigenvalue weighted by Crippen LogP contribution is -2.52. The molecule has 1 aromatic rings. The number of benzene rings is 1. The van der Waals surface area contributed by atoms with Gasteiger partial charge in [0.15, 0.2) is 0 Å². The van der Waals surface area contributed by atoms with E-state index in [1.807, 2.05) is 12.1 Å². The van der Waals surface area contributed by atoms with Crippen molar-refractivity contribution in [1.82, 2.24) is 9.80 Å². The van der Waals surface area contributed by atoms with Gasteiger partial charge in [0.1, 0.15) is 6.04 Å². The summed E-state index contributed by atoms with van der Waals surface area (Å²) >= 11 is 0. The van der Waals surface area contributed by atoms with Crippen molar-refractivity contribution in [3.05, 3.63) is 29.3 Å². The number of fused-ring (bicyclic) bond motifs is 1. The third-order valence-corrected chi connectivity index (χ3v) is 8.64. The van der Waals surface area contributed by atoms with Crippen LogP contribution < -0.4 is 4.90 Å². The highest BCUT2D eigenvalue weighted by molar-refractivity contribution is 6.24. The molecule has 0 N–H and O–H groups in total. The van der Waals surface area contributed by atoms with Crippen LogP contribution in [0.3, 0.4) is 0 Å². The Morgan fingerprint density at radius 3 is 2.27 bits per heavy atom. The number of amides is 3. The molecule has 3 heterocycles. The molecule has 37 heavy (non-hydrogen) atoms. The van der Waals surface area contributed by atoms with Gasteiger partial charge in [0.2, 0.25) is 5.91 Å². The van der Waals surface area contributed by atoms with Crippen LogP contribution in [0.25, 0.3) is 0 Å². The smallest absolute Gasteiger partial charge is 0.328 e. The Labute approximate surface area is 219 Å². The van der Waals surface area contributed by atoms with E-state index in [-0.39, 0.29) is 35.7 Å². The number of anilines is 1. The summed E-state index contributed by atoms with van der Waals surface area (Å²) in [6.07, 6.45) is 10.0. The van der Waals surface area contributed by atoms with Crippen molar-refractivity contribution in [3.63, 3.8) is 0 Å². The first-order chi connectivity index (χ1) is 18.0. The molecule has 0 aromatic heterocycles. The van der Waals surface area contributed by atoms with E-state index < -0.39 is 6.04 Å². The molecule has 4 aliphatic rings. The summed E-state index contributed by atoms with van der Waals surface area (Å²) in [6, 6.07) is 5.09. The molecule has 0 spiro atoms. The van der Waals surface area contributed by atoms with Gasteiger partial charge in [-0.15, -0.1) is 0 Å². The van der Waals surface area contributed by atoms with Crippen LogP contribution in [0.15, 0.2) is 18.2 Å². The van der Waals surface area contributed by atoms with Crippen LogP contribution in [-0.2, 0) is 14.3 Å². The van der Waals surface area contributed by atoms with Gasteiger partial charge in [-0.2, -0.15) is 0 Å². The van der Waals surface area contributed by atoms with E-state index in [4.69, 9.17) is 4.74 Å². The maximum Gasteiger partial charge on any atom is 0.328 e. The molecule has 200 valence electrons. The normalized spacial score (nSPS) is 23.7. The number of ether oxygens (including phenoxy) is 1. The molecular formula is C29H39N3O5. The molecule has 0 unspecified atom stereocenters. The van der Waals surface area contributed by atoms with Crippen molar-refractivity contribution in [2.75, 3.05) is 31.1 Å². The highest BCUT2D eigenvalue weighted by atomic mass is 16.5. The minimum absolute atomic E-state index is 0.0111. The lowest BCUT2D eigenvalue weighted by molar-refractivity contribution is -0.158. The van der Waals surface area contributed by atoms with E-state index >= 15 is 0 Å². The van der Waals surface area contributed by atoms with Crippen LogP contribution >= 0.6 is 0 Å². The van der Waals surface area contributed by atoms with Gasteiger partial charge >= 0.3 is 5.97 Å². The molecule has 0 radical (unpaired) electrons. The SMILES string of the molecule is CCOC(=O)[C@H]1CCCCN1C(=O)C1CCN(c2cccc3c2C(=O)N(C2CCCCCC2)C3=O)CC1. The summed E-state index contributed by atoms with van der Waals surface area (Å²) in [7, 11) is 0. The summed E-state index contributed by atoms with van der Waals surface area (Å²) in [6.45, 7) is 3.97. The van der Waals surface area contributed by atoms with Crippen molar-refractivity contribution in [2.24, 2.45) is 5.92 Å². The van der Waals surface area contributed by atoms with Crippen molar-refractivity contribution in [2.45, 2.75) is 89.6 Å². The number of nitrogens with zero attached hydrogens (tertiary/aromatic N) is 3. The molecule has 0 bridgehead atoms. The van der Waals surface area contributed by atoms with E-state index in [0.29, 0.717) is 56.6 Å². The van der Waals surface area contributed by atoms with Gasteiger partial charge in [0.25, 0.3) is 11.8 Å². The van der Waals surface area contributed by atoms with Crippen LogP contribution in [0.2, 0.25) is 0 Å². The molecule has 1 atom stereocenters. The lowest BCUT2D eigenvalue weighted by atomic mass is 9.91. The highest BCUT2D eigenvalue weighted by Crippen LogP contribution is 2.37. The lowest BCUT2D eigenvalue weighted by Gasteiger charge is -2.39. The summed E-state index contributed by atoms with van der Waals surface area (Å²) in [4.78, 5) is 58.2. The van der Waals surface area contributed by atoms with Gasteiger partial charge in [-0.3, -0.25) is 19.3 Å². The van der Waals surface area contributed by atoms with Gasteiger partial charge in [-0.25, -0.2) is 4.79 Å². The van der Waals surface area contributed by atoms with Crippen LogP contribution in [0, 0.1) is 5.92 Å². The van der Waals surface area contributed by atoms with E-state index in [1.54, 1.807) is 17.9 Å². The molecule has 5 rings (SSSR count). The number of imide groups is 1. The van der Waals surface area contributed by atoms with Gasteiger partial charge in [-0.1, -0.05) is 31.7 Å². The Morgan fingerprint density at radius 2 is 1.57 bits per heavy atom. The predicted molar refractivity (Wildman–Crippen MR) is 139 cm³/mol. The van der Waals surface area contributed by atoms with Gasteiger partial charge < -0.3 is 14.5 Å². The average molecular weight is 510 g/mol. The molecular weight excluding hydrogens is 470 g/mol. The molecule has 3 amide bonds. The Hall–Kier alpha value is -2.90. The van der Waals surface area contributed by atoms with Crippen LogP contribution in [0.4, 0.5) is 5.69 Å². The second-order valence-electron chi connectivity index (χ2n) is 10.9. The summed E-state index contributed by atoms with van der Waals surface area (Å²) in [5.74, 6) is -0.723. The fraction of sp³-hybridized carbons (Fsp3) is 0.655. The zero-order valence-corrected chi connectivity index (χ0v) is 22.0. The number of esters is 1. The molecule has 1 saturated carbocycles. The van der Waals surface area contributed by atoms with Crippen molar-refractivity contribution in [1.29, 1.82) is 0 Å². The first-order valence-electron chi connectivity index (χ1n) is 14.2. The molecule has 8 nitrogen and oxygen atoms in total. The zero-order valence-electron chi connectivity index (χ0n) is 22.0. The number of carbonyl (C=O) groups excluding carboxylic acids is 4. The number of likely N-dealkylation sites (tertiary alicyclic amines) is 1. The minimum Gasteiger partial charge on any atom is -0.464 e. The number of carbonyl (C=O) groups is 4. The molecule has 3 aliphatic heterocycles. The number of rotatable bonds is 5. The number of hydrogen-bond acceptors (Lipinski definition) is 6. The minimum atomic E-state index is -0.477. The Morgan fingerprint density at radius 1 is 0.865 bits per heavy atom. The fourth-order valence-corrected chi connectivity index (χ4v) is 6.68. The molecule has 1 aliphatic carbocycles. The number of piperidine rings is 2.